The highest BCUT2D eigenvalue weighted by atomic mass is 32.2. The van der Waals surface area contributed by atoms with Gasteiger partial charge in [-0.1, -0.05) is 6.07 Å². The summed E-state index contributed by atoms with van der Waals surface area (Å²) in [5.74, 6) is 0.745. The lowest BCUT2D eigenvalue weighted by molar-refractivity contribution is -0.139. The molecule has 6 nitrogen and oxygen atoms in total. The minimum atomic E-state index is -1.17. The van der Waals surface area contributed by atoms with Gasteiger partial charge in [-0.15, -0.1) is 0 Å². The molecule has 0 spiro atoms. The zero-order chi connectivity index (χ0) is 14.7. The fourth-order valence-corrected chi connectivity index (χ4v) is 3.60. The molecule has 0 saturated carbocycles. The van der Waals surface area contributed by atoms with E-state index in [9.17, 15) is 9.00 Å². The summed E-state index contributed by atoms with van der Waals surface area (Å²) in [7, 11) is 1.92. The zero-order valence-electron chi connectivity index (χ0n) is 11.3. The van der Waals surface area contributed by atoms with Gasteiger partial charge in [0.15, 0.2) is 0 Å². The van der Waals surface area contributed by atoms with Crippen LogP contribution in [0.1, 0.15) is 11.6 Å². The van der Waals surface area contributed by atoms with Crippen LogP contribution >= 0.6 is 0 Å². The van der Waals surface area contributed by atoms with Crippen LogP contribution in [0.2, 0.25) is 0 Å². The number of rotatable bonds is 4. The monoisotopic (exact) mass is 299 g/mol. The maximum absolute atomic E-state index is 11.8. The number of aliphatic carboxylic acids is 1. The van der Waals surface area contributed by atoms with Gasteiger partial charge in [-0.3, -0.25) is 14.3 Å². The molecule has 2 N–H and O–H groups in total. The van der Waals surface area contributed by atoms with E-state index in [-0.39, 0.29) is 11.8 Å². The Bertz CT molecular complexity index is 533. The molecule has 0 bridgehead atoms. The lowest BCUT2D eigenvalue weighted by Crippen LogP contribution is -2.49. The maximum Gasteiger partial charge on any atom is 0.321 e. The summed E-state index contributed by atoms with van der Waals surface area (Å²) in [6, 6.07) is 4.18. The normalized spacial score (nSPS) is 26.0. The first-order valence-corrected chi connectivity index (χ1v) is 7.59. The SMILES string of the molecule is COc1ccc(C2CS(=O)CC(C(=O)O)N2)c(OC)c1. The van der Waals surface area contributed by atoms with Crippen molar-refractivity contribution in [2.24, 2.45) is 0 Å². The molecular weight excluding hydrogens is 282 g/mol. The zero-order valence-corrected chi connectivity index (χ0v) is 12.1. The fraction of sp³-hybridized carbons (Fsp3) is 0.462. The molecule has 1 aromatic rings. The third-order valence-corrected chi connectivity index (χ3v) is 4.63. The minimum Gasteiger partial charge on any atom is -0.497 e. The van der Waals surface area contributed by atoms with Crippen molar-refractivity contribution < 1.29 is 23.6 Å². The number of benzene rings is 1. The van der Waals surface area contributed by atoms with Crippen molar-refractivity contribution in [1.29, 1.82) is 0 Å². The first-order chi connectivity index (χ1) is 9.55. The van der Waals surface area contributed by atoms with Gasteiger partial charge in [0.25, 0.3) is 0 Å². The maximum atomic E-state index is 11.8. The van der Waals surface area contributed by atoms with Gasteiger partial charge in [0.1, 0.15) is 17.5 Å². The van der Waals surface area contributed by atoms with Crippen molar-refractivity contribution in [3.63, 3.8) is 0 Å². The molecule has 7 heteroatoms. The molecular formula is C13H17NO5S. The van der Waals surface area contributed by atoms with Gasteiger partial charge in [-0.2, -0.15) is 0 Å². The Labute approximate surface area is 119 Å². The summed E-state index contributed by atoms with van der Waals surface area (Å²) < 4.78 is 22.3. The fourth-order valence-electron chi connectivity index (χ4n) is 2.21. The summed E-state index contributed by atoms with van der Waals surface area (Å²) >= 11 is 0. The smallest absolute Gasteiger partial charge is 0.321 e. The van der Waals surface area contributed by atoms with Gasteiger partial charge in [0, 0.05) is 40.0 Å². The number of carboxylic acid groups (broad SMARTS) is 1. The molecule has 110 valence electrons. The van der Waals surface area contributed by atoms with E-state index in [1.165, 1.54) is 7.11 Å². The van der Waals surface area contributed by atoms with Crippen molar-refractivity contribution in [3.05, 3.63) is 23.8 Å². The van der Waals surface area contributed by atoms with E-state index in [0.717, 1.165) is 5.56 Å². The Morgan fingerprint density at radius 2 is 2.10 bits per heavy atom. The Hall–Kier alpha value is -1.60. The molecule has 2 rings (SSSR count). The molecule has 1 aromatic carbocycles. The molecule has 1 heterocycles. The van der Waals surface area contributed by atoms with Crippen LogP contribution in [0.5, 0.6) is 11.5 Å². The lowest BCUT2D eigenvalue weighted by Gasteiger charge is -2.29. The Kier molecular flexibility index (Phi) is 4.61. The summed E-state index contributed by atoms with van der Waals surface area (Å²) in [6.07, 6.45) is 0. The van der Waals surface area contributed by atoms with E-state index >= 15 is 0 Å². The molecule has 0 radical (unpaired) electrons. The van der Waals surface area contributed by atoms with Crippen molar-refractivity contribution >= 4 is 16.8 Å². The van der Waals surface area contributed by atoms with Crippen molar-refractivity contribution in [1.82, 2.24) is 5.32 Å². The third-order valence-electron chi connectivity index (χ3n) is 3.22. The van der Waals surface area contributed by atoms with Crippen LogP contribution in [-0.4, -0.2) is 47.1 Å². The number of methoxy groups -OCH3 is 2. The van der Waals surface area contributed by atoms with Crippen molar-refractivity contribution in [2.75, 3.05) is 25.7 Å². The van der Waals surface area contributed by atoms with E-state index in [1.54, 1.807) is 25.3 Å². The summed E-state index contributed by atoms with van der Waals surface area (Å²) in [5.41, 5.74) is 0.785. The summed E-state index contributed by atoms with van der Waals surface area (Å²) in [6.45, 7) is 0. The summed E-state index contributed by atoms with van der Waals surface area (Å²) in [4.78, 5) is 11.1. The van der Waals surface area contributed by atoms with Gasteiger partial charge >= 0.3 is 5.97 Å². The number of hydrogen-bond donors (Lipinski definition) is 2. The molecule has 1 fully saturated rings. The Morgan fingerprint density at radius 1 is 1.35 bits per heavy atom. The Morgan fingerprint density at radius 3 is 2.70 bits per heavy atom. The van der Waals surface area contributed by atoms with Gasteiger partial charge in [0.05, 0.1) is 14.2 Å². The van der Waals surface area contributed by atoms with E-state index in [2.05, 4.69) is 5.32 Å². The molecule has 0 amide bonds. The number of carbonyl (C=O) groups is 1. The molecule has 0 aromatic heterocycles. The Balaban J connectivity index is 2.30. The molecule has 3 atom stereocenters. The average molecular weight is 299 g/mol. The molecule has 0 aliphatic carbocycles. The molecule has 20 heavy (non-hydrogen) atoms. The van der Waals surface area contributed by atoms with E-state index in [1.807, 2.05) is 0 Å². The largest absolute Gasteiger partial charge is 0.497 e. The minimum absolute atomic E-state index is 0.129. The van der Waals surface area contributed by atoms with Crippen molar-refractivity contribution in [3.8, 4) is 11.5 Å². The van der Waals surface area contributed by atoms with Crippen molar-refractivity contribution in [2.45, 2.75) is 12.1 Å². The second kappa shape index (κ2) is 6.23. The average Bonchev–Trinajstić information content (AvgIpc) is 2.45. The van der Waals surface area contributed by atoms with Crippen LogP contribution in [0.3, 0.4) is 0 Å². The summed E-state index contributed by atoms with van der Waals surface area (Å²) in [5, 5.41) is 12.1. The number of ether oxygens (including phenoxy) is 2. The lowest BCUT2D eigenvalue weighted by atomic mass is 10.1. The second-order valence-corrected chi connectivity index (χ2v) is 6.04. The first kappa shape index (κ1) is 14.8. The second-order valence-electron chi connectivity index (χ2n) is 4.49. The first-order valence-electron chi connectivity index (χ1n) is 6.11. The van der Waals surface area contributed by atoms with Gasteiger partial charge in [-0.05, 0) is 6.07 Å². The highest BCUT2D eigenvalue weighted by Crippen LogP contribution is 2.31. The van der Waals surface area contributed by atoms with Gasteiger partial charge in [0.2, 0.25) is 0 Å². The highest BCUT2D eigenvalue weighted by molar-refractivity contribution is 7.85. The van der Waals surface area contributed by atoms with Crippen LogP contribution in [-0.2, 0) is 15.6 Å². The topological polar surface area (TPSA) is 84.9 Å². The van der Waals surface area contributed by atoms with Crippen LogP contribution in [0, 0.1) is 0 Å². The van der Waals surface area contributed by atoms with Gasteiger partial charge in [-0.25, -0.2) is 0 Å². The van der Waals surface area contributed by atoms with E-state index < -0.39 is 22.8 Å². The standard InChI is InChI=1S/C13H17NO5S/c1-18-8-3-4-9(12(5-8)19-2)10-6-20(17)7-11(14-10)13(15)16/h3-5,10-11,14H,6-7H2,1-2H3,(H,15,16). The van der Waals surface area contributed by atoms with Crippen LogP contribution in [0.4, 0.5) is 0 Å². The third kappa shape index (κ3) is 3.10. The van der Waals surface area contributed by atoms with E-state index in [4.69, 9.17) is 14.6 Å². The molecule has 1 aliphatic heterocycles. The number of nitrogens with one attached hydrogen (secondary N) is 1. The van der Waals surface area contributed by atoms with Crippen LogP contribution < -0.4 is 14.8 Å². The number of hydrogen-bond acceptors (Lipinski definition) is 5. The molecule has 1 saturated heterocycles. The molecule has 3 unspecified atom stereocenters. The molecule has 1 aliphatic rings. The van der Waals surface area contributed by atoms with E-state index in [0.29, 0.717) is 17.3 Å². The predicted octanol–water partition coefficient (Wildman–Crippen LogP) is 0.550. The van der Waals surface area contributed by atoms with Crippen LogP contribution in [0.15, 0.2) is 18.2 Å². The predicted molar refractivity (Wildman–Crippen MR) is 74.7 cm³/mol. The quantitative estimate of drug-likeness (QED) is 0.844. The number of carboxylic acids is 1. The van der Waals surface area contributed by atoms with Gasteiger partial charge < -0.3 is 14.6 Å². The highest BCUT2D eigenvalue weighted by Gasteiger charge is 2.32. The van der Waals surface area contributed by atoms with Crippen LogP contribution in [0.25, 0.3) is 0 Å².